The average Bonchev–Trinajstić information content (AvgIpc) is 2.66. The lowest BCUT2D eigenvalue weighted by molar-refractivity contribution is -0.120. The van der Waals surface area contributed by atoms with E-state index in [-0.39, 0.29) is 11.3 Å². The number of carbonyl (C=O) groups excluding carboxylic acids is 2. The molecular formula is C26H32FNO3. The van der Waals surface area contributed by atoms with Crippen LogP contribution in [0, 0.1) is 6.92 Å². The zero-order valence-corrected chi connectivity index (χ0v) is 19.3. The molecule has 166 valence electrons. The molecule has 1 heterocycles. The molecule has 4 nitrogen and oxygen atoms in total. The van der Waals surface area contributed by atoms with E-state index in [1.807, 2.05) is 36.9 Å². The zero-order chi connectivity index (χ0) is 23.0. The Morgan fingerprint density at radius 2 is 1.90 bits per heavy atom. The summed E-state index contributed by atoms with van der Waals surface area (Å²) in [5, 5.41) is 0. The minimum Gasteiger partial charge on any atom is -0.458 e. The van der Waals surface area contributed by atoms with Crippen LogP contribution in [0.25, 0.3) is 11.1 Å². The minimum atomic E-state index is -1.84. The number of anilines is 1. The van der Waals surface area contributed by atoms with Gasteiger partial charge >= 0.3 is 0 Å². The molecule has 2 aromatic carbocycles. The SMILES string of the molecule is CCN1C(=O)CC(C)(C)c2cc(C)c(-c3cc(CCC=O)ccc3OC(C)(C)F)cc21. The van der Waals surface area contributed by atoms with Crippen molar-refractivity contribution in [3.8, 4) is 16.9 Å². The summed E-state index contributed by atoms with van der Waals surface area (Å²) in [5.74, 6) is -1.29. The van der Waals surface area contributed by atoms with E-state index < -0.39 is 5.85 Å². The Hall–Kier alpha value is -2.69. The molecule has 0 unspecified atom stereocenters. The molecule has 1 amide bonds. The summed E-state index contributed by atoms with van der Waals surface area (Å²) in [6, 6.07) is 9.77. The van der Waals surface area contributed by atoms with E-state index >= 15 is 0 Å². The molecule has 0 fully saturated rings. The molecule has 0 aliphatic carbocycles. The highest BCUT2D eigenvalue weighted by Crippen LogP contribution is 2.45. The van der Waals surface area contributed by atoms with Crippen molar-refractivity contribution < 1.29 is 18.7 Å². The number of benzene rings is 2. The second-order valence-corrected chi connectivity index (χ2v) is 9.38. The molecule has 0 aromatic heterocycles. The Kier molecular flexibility index (Phi) is 6.26. The molecule has 5 heteroatoms. The van der Waals surface area contributed by atoms with Crippen LogP contribution in [0.5, 0.6) is 5.75 Å². The molecule has 3 rings (SSSR count). The number of alkyl halides is 1. The summed E-state index contributed by atoms with van der Waals surface area (Å²) in [6.07, 6.45) is 2.39. The second-order valence-electron chi connectivity index (χ2n) is 9.38. The van der Waals surface area contributed by atoms with Gasteiger partial charge in [0.25, 0.3) is 0 Å². The molecule has 0 saturated carbocycles. The molecule has 31 heavy (non-hydrogen) atoms. The first-order valence-electron chi connectivity index (χ1n) is 10.9. The minimum absolute atomic E-state index is 0.107. The van der Waals surface area contributed by atoms with Crippen LogP contribution in [0.15, 0.2) is 30.3 Å². The molecule has 0 bridgehead atoms. The normalized spacial score (nSPS) is 15.6. The van der Waals surface area contributed by atoms with Crippen molar-refractivity contribution >= 4 is 17.9 Å². The Morgan fingerprint density at radius 3 is 2.52 bits per heavy atom. The van der Waals surface area contributed by atoms with E-state index in [1.54, 1.807) is 6.07 Å². The Balaban J connectivity index is 2.22. The smallest absolute Gasteiger partial charge is 0.242 e. The number of fused-ring (bicyclic) bond motifs is 1. The highest BCUT2D eigenvalue weighted by Gasteiger charge is 2.36. The van der Waals surface area contributed by atoms with Gasteiger partial charge in [0.1, 0.15) is 12.0 Å². The lowest BCUT2D eigenvalue weighted by Crippen LogP contribution is -2.41. The third-order valence-corrected chi connectivity index (χ3v) is 5.81. The quantitative estimate of drug-likeness (QED) is 0.518. The summed E-state index contributed by atoms with van der Waals surface area (Å²) in [4.78, 5) is 25.5. The number of hydrogen-bond acceptors (Lipinski definition) is 3. The van der Waals surface area contributed by atoms with Gasteiger partial charge in [0.2, 0.25) is 11.8 Å². The molecule has 1 aliphatic rings. The van der Waals surface area contributed by atoms with Crippen LogP contribution in [0.3, 0.4) is 0 Å². The number of halogens is 1. The Bertz CT molecular complexity index is 1000. The number of aryl methyl sites for hydroxylation is 2. The predicted molar refractivity (Wildman–Crippen MR) is 122 cm³/mol. The van der Waals surface area contributed by atoms with E-state index in [1.165, 1.54) is 13.8 Å². The zero-order valence-electron chi connectivity index (χ0n) is 19.3. The third-order valence-electron chi connectivity index (χ3n) is 5.81. The Labute approximate surface area is 184 Å². The van der Waals surface area contributed by atoms with Crippen LogP contribution in [0.1, 0.15) is 64.2 Å². The standard InChI is InChI=1S/C26H32FNO3/c1-7-28-22-15-19(17(2)13-21(22)25(3,4)16-24(28)30)20-14-18(9-8-12-29)10-11-23(20)31-26(5,6)27/h10-15H,7-9,16H2,1-6H3. The molecule has 1 aliphatic heterocycles. The van der Waals surface area contributed by atoms with E-state index in [0.717, 1.165) is 39.8 Å². The summed E-state index contributed by atoms with van der Waals surface area (Å²) in [6.45, 7) is 11.5. The number of rotatable bonds is 7. The fourth-order valence-electron chi connectivity index (χ4n) is 4.32. The van der Waals surface area contributed by atoms with Gasteiger partial charge < -0.3 is 14.4 Å². The lowest BCUT2D eigenvalue weighted by atomic mass is 9.75. The monoisotopic (exact) mass is 425 g/mol. The highest BCUT2D eigenvalue weighted by molar-refractivity contribution is 5.99. The van der Waals surface area contributed by atoms with Gasteiger partial charge in [-0.2, -0.15) is 4.39 Å². The first-order valence-corrected chi connectivity index (χ1v) is 10.9. The van der Waals surface area contributed by atoms with Crippen LogP contribution in [-0.2, 0) is 21.4 Å². The van der Waals surface area contributed by atoms with E-state index in [0.29, 0.717) is 31.6 Å². The van der Waals surface area contributed by atoms with Crippen LogP contribution >= 0.6 is 0 Å². The predicted octanol–water partition coefficient (Wildman–Crippen LogP) is 5.91. The molecule has 0 radical (unpaired) electrons. The lowest BCUT2D eigenvalue weighted by Gasteiger charge is -2.39. The fraction of sp³-hybridized carbons (Fsp3) is 0.462. The summed E-state index contributed by atoms with van der Waals surface area (Å²) in [5.41, 5.74) is 5.45. The third kappa shape index (κ3) is 4.81. The van der Waals surface area contributed by atoms with Gasteiger partial charge in [-0.15, -0.1) is 0 Å². The van der Waals surface area contributed by atoms with Crippen LogP contribution in [0.2, 0.25) is 0 Å². The van der Waals surface area contributed by atoms with E-state index in [4.69, 9.17) is 4.74 Å². The number of aldehydes is 1. The van der Waals surface area contributed by atoms with Crippen molar-refractivity contribution in [1.29, 1.82) is 0 Å². The Morgan fingerprint density at radius 1 is 1.19 bits per heavy atom. The molecule has 0 N–H and O–H groups in total. The van der Waals surface area contributed by atoms with Crippen molar-refractivity contribution in [3.63, 3.8) is 0 Å². The van der Waals surface area contributed by atoms with Gasteiger partial charge in [-0.3, -0.25) is 4.79 Å². The summed E-state index contributed by atoms with van der Waals surface area (Å²) < 4.78 is 20.0. The van der Waals surface area contributed by atoms with Crippen LogP contribution in [-0.4, -0.2) is 24.6 Å². The number of ether oxygens (including phenoxy) is 1. The molecule has 0 spiro atoms. The molecular weight excluding hydrogens is 393 g/mol. The van der Waals surface area contributed by atoms with Crippen molar-refractivity contribution in [3.05, 3.63) is 47.0 Å². The van der Waals surface area contributed by atoms with Gasteiger partial charge in [0, 0.05) is 49.9 Å². The molecule has 0 saturated heterocycles. The number of nitrogens with zero attached hydrogens (tertiary/aromatic N) is 1. The number of hydrogen-bond donors (Lipinski definition) is 0. The van der Waals surface area contributed by atoms with Gasteiger partial charge in [-0.1, -0.05) is 26.0 Å². The van der Waals surface area contributed by atoms with Crippen molar-refractivity contribution in [1.82, 2.24) is 0 Å². The summed E-state index contributed by atoms with van der Waals surface area (Å²) in [7, 11) is 0. The largest absolute Gasteiger partial charge is 0.458 e. The summed E-state index contributed by atoms with van der Waals surface area (Å²) >= 11 is 0. The van der Waals surface area contributed by atoms with Gasteiger partial charge in [-0.05, 0) is 60.7 Å². The number of carbonyl (C=O) groups is 2. The average molecular weight is 426 g/mol. The maximum absolute atomic E-state index is 14.4. The van der Waals surface area contributed by atoms with Crippen molar-refractivity contribution in [2.24, 2.45) is 0 Å². The van der Waals surface area contributed by atoms with E-state index in [2.05, 4.69) is 19.9 Å². The second kappa shape index (κ2) is 8.45. The van der Waals surface area contributed by atoms with Gasteiger partial charge in [0.05, 0.1) is 0 Å². The van der Waals surface area contributed by atoms with Gasteiger partial charge in [-0.25, -0.2) is 0 Å². The first-order chi connectivity index (χ1) is 14.5. The molecule has 0 atom stereocenters. The first kappa shape index (κ1) is 23.0. The van der Waals surface area contributed by atoms with Crippen LogP contribution < -0.4 is 9.64 Å². The topological polar surface area (TPSA) is 46.6 Å². The fourth-order valence-corrected chi connectivity index (χ4v) is 4.32. The highest BCUT2D eigenvalue weighted by atomic mass is 19.2. The van der Waals surface area contributed by atoms with Crippen molar-refractivity contribution in [2.45, 2.75) is 72.1 Å². The van der Waals surface area contributed by atoms with Gasteiger partial charge in [0.15, 0.2) is 0 Å². The maximum atomic E-state index is 14.4. The maximum Gasteiger partial charge on any atom is 0.242 e. The molecule has 2 aromatic rings. The van der Waals surface area contributed by atoms with E-state index in [9.17, 15) is 14.0 Å². The number of amides is 1. The van der Waals surface area contributed by atoms with Crippen LogP contribution in [0.4, 0.5) is 10.1 Å². The van der Waals surface area contributed by atoms with Crippen molar-refractivity contribution in [2.75, 3.05) is 11.4 Å².